The Morgan fingerprint density at radius 3 is 2.78 bits per heavy atom. The van der Waals surface area contributed by atoms with Crippen molar-refractivity contribution in [1.82, 2.24) is 24.1 Å². The molecule has 0 bridgehead atoms. The Morgan fingerprint density at radius 1 is 1.22 bits per heavy atom. The first-order valence-corrected chi connectivity index (χ1v) is 8.55. The highest BCUT2D eigenvalue weighted by Crippen LogP contribution is 2.22. The van der Waals surface area contributed by atoms with Crippen molar-refractivity contribution in [2.45, 2.75) is 6.54 Å². The Morgan fingerprint density at radius 2 is 2.04 bits per heavy atom. The molecular weight excluding hydrogens is 375 g/mol. The summed E-state index contributed by atoms with van der Waals surface area (Å²) in [4.78, 5) is 32.5. The highest BCUT2D eigenvalue weighted by atomic mass is 32.1. The van der Waals surface area contributed by atoms with Gasteiger partial charge in [-0.15, -0.1) is 16.4 Å². The summed E-state index contributed by atoms with van der Waals surface area (Å²) in [5.74, 6) is -0.453. The molecule has 136 valence electrons. The largest absolute Gasteiger partial charge is 0.436 e. The lowest BCUT2D eigenvalue weighted by atomic mass is 10.3. The van der Waals surface area contributed by atoms with E-state index in [0.29, 0.717) is 10.9 Å². The van der Waals surface area contributed by atoms with E-state index in [1.54, 1.807) is 11.6 Å². The predicted octanol–water partition coefficient (Wildman–Crippen LogP) is 1.92. The standard InChI is InChI=1S/C16H11FN6O3S/c17-10-1-3-11(4-2-10)26-14-13-21-23(16(25)22(13)7-5-18-14)9-12(24)20-15-19-6-8-27-15/h1-8H,9H2,(H,19,20,24). The number of nitrogens with one attached hydrogen (secondary N) is 1. The number of carbonyl (C=O) groups is 1. The molecular formula is C16H11FN6O3S. The molecule has 0 spiro atoms. The van der Waals surface area contributed by atoms with Gasteiger partial charge in [0, 0.05) is 24.0 Å². The fourth-order valence-electron chi connectivity index (χ4n) is 2.30. The van der Waals surface area contributed by atoms with Gasteiger partial charge in [-0.05, 0) is 24.3 Å². The Labute approximate surface area is 154 Å². The first-order valence-electron chi connectivity index (χ1n) is 7.67. The summed E-state index contributed by atoms with van der Waals surface area (Å²) >= 11 is 1.26. The highest BCUT2D eigenvalue weighted by Gasteiger charge is 2.16. The number of aromatic nitrogens is 5. The van der Waals surface area contributed by atoms with Crippen molar-refractivity contribution in [3.63, 3.8) is 0 Å². The van der Waals surface area contributed by atoms with Crippen molar-refractivity contribution < 1.29 is 13.9 Å². The van der Waals surface area contributed by atoms with Crippen LogP contribution in [-0.2, 0) is 11.3 Å². The number of hydrogen-bond acceptors (Lipinski definition) is 7. The van der Waals surface area contributed by atoms with Gasteiger partial charge in [0.25, 0.3) is 5.88 Å². The number of nitrogens with zero attached hydrogens (tertiary/aromatic N) is 5. The lowest BCUT2D eigenvalue weighted by Crippen LogP contribution is -2.28. The van der Waals surface area contributed by atoms with E-state index in [2.05, 4.69) is 20.4 Å². The predicted molar refractivity (Wildman–Crippen MR) is 94.5 cm³/mol. The zero-order valence-corrected chi connectivity index (χ0v) is 14.4. The van der Waals surface area contributed by atoms with E-state index >= 15 is 0 Å². The molecule has 3 aromatic heterocycles. The van der Waals surface area contributed by atoms with Crippen molar-refractivity contribution >= 4 is 28.0 Å². The molecule has 0 aliphatic heterocycles. The number of anilines is 1. The maximum atomic E-state index is 13.0. The molecule has 11 heteroatoms. The highest BCUT2D eigenvalue weighted by molar-refractivity contribution is 7.13. The molecule has 0 fully saturated rings. The molecule has 0 radical (unpaired) electrons. The SMILES string of the molecule is O=C(Cn1nc2c(Oc3ccc(F)cc3)nccn2c1=O)Nc1nccs1. The van der Waals surface area contributed by atoms with E-state index in [9.17, 15) is 14.0 Å². The summed E-state index contributed by atoms with van der Waals surface area (Å²) in [6.45, 7) is -0.296. The molecule has 1 aromatic carbocycles. The summed E-state index contributed by atoms with van der Waals surface area (Å²) < 4.78 is 20.8. The minimum atomic E-state index is -0.523. The molecule has 0 aliphatic carbocycles. The van der Waals surface area contributed by atoms with Crippen LogP contribution in [0.15, 0.2) is 53.0 Å². The van der Waals surface area contributed by atoms with Crippen LogP contribution in [0, 0.1) is 5.82 Å². The van der Waals surface area contributed by atoms with E-state index in [1.165, 1.54) is 52.4 Å². The molecule has 4 rings (SSSR count). The monoisotopic (exact) mass is 386 g/mol. The number of halogens is 1. The third kappa shape index (κ3) is 3.53. The molecule has 3 heterocycles. The number of amides is 1. The van der Waals surface area contributed by atoms with Crippen LogP contribution in [-0.4, -0.2) is 30.1 Å². The van der Waals surface area contributed by atoms with Crippen molar-refractivity contribution in [2.75, 3.05) is 5.32 Å². The molecule has 0 atom stereocenters. The molecule has 0 saturated heterocycles. The molecule has 0 unspecified atom stereocenters. The molecule has 27 heavy (non-hydrogen) atoms. The van der Waals surface area contributed by atoms with Crippen molar-refractivity contribution in [2.24, 2.45) is 0 Å². The summed E-state index contributed by atoms with van der Waals surface area (Å²) in [5.41, 5.74) is -0.389. The summed E-state index contributed by atoms with van der Waals surface area (Å²) in [5, 5.41) is 8.85. The van der Waals surface area contributed by atoms with E-state index in [-0.39, 0.29) is 18.1 Å². The smallest absolute Gasteiger partial charge is 0.351 e. The third-order valence-electron chi connectivity index (χ3n) is 3.47. The van der Waals surface area contributed by atoms with Crippen molar-refractivity contribution in [1.29, 1.82) is 0 Å². The fraction of sp³-hybridized carbons (Fsp3) is 0.0625. The average molecular weight is 386 g/mol. The Bertz CT molecular complexity index is 1150. The van der Waals surface area contributed by atoms with E-state index in [4.69, 9.17) is 4.74 Å². The number of benzene rings is 1. The normalized spacial score (nSPS) is 10.9. The van der Waals surface area contributed by atoms with Gasteiger partial charge in [-0.2, -0.15) is 0 Å². The van der Waals surface area contributed by atoms with Crippen LogP contribution in [0.5, 0.6) is 11.6 Å². The second kappa shape index (κ2) is 6.96. The van der Waals surface area contributed by atoms with Gasteiger partial charge < -0.3 is 10.1 Å². The lowest BCUT2D eigenvalue weighted by Gasteiger charge is -2.04. The molecule has 1 amide bonds. The number of fused-ring (bicyclic) bond motifs is 1. The lowest BCUT2D eigenvalue weighted by molar-refractivity contribution is -0.117. The summed E-state index contributed by atoms with van der Waals surface area (Å²) in [6.07, 6.45) is 4.34. The van der Waals surface area contributed by atoms with Crippen LogP contribution >= 0.6 is 11.3 Å². The zero-order valence-electron chi connectivity index (χ0n) is 13.6. The molecule has 0 aliphatic rings. The van der Waals surface area contributed by atoms with Gasteiger partial charge in [0.15, 0.2) is 5.13 Å². The summed E-state index contributed by atoms with van der Waals surface area (Å²) in [6, 6.07) is 5.33. The van der Waals surface area contributed by atoms with Crippen LogP contribution < -0.4 is 15.7 Å². The van der Waals surface area contributed by atoms with Gasteiger partial charge >= 0.3 is 5.69 Å². The van der Waals surface area contributed by atoms with Gasteiger partial charge in [-0.25, -0.2) is 28.2 Å². The quantitative estimate of drug-likeness (QED) is 0.562. The first-order chi connectivity index (χ1) is 13.1. The summed E-state index contributed by atoms with van der Waals surface area (Å²) in [7, 11) is 0. The second-order valence-electron chi connectivity index (χ2n) is 5.31. The molecule has 0 saturated carbocycles. The van der Waals surface area contributed by atoms with Crippen LogP contribution in [0.2, 0.25) is 0 Å². The van der Waals surface area contributed by atoms with Crippen LogP contribution in [0.3, 0.4) is 0 Å². The molecule has 9 nitrogen and oxygen atoms in total. The number of hydrogen-bond donors (Lipinski definition) is 1. The maximum absolute atomic E-state index is 13.0. The number of carbonyl (C=O) groups excluding carboxylic acids is 1. The molecule has 1 N–H and O–H groups in total. The van der Waals surface area contributed by atoms with Crippen LogP contribution in [0.4, 0.5) is 9.52 Å². The van der Waals surface area contributed by atoms with Gasteiger partial charge in [-0.1, -0.05) is 0 Å². The van der Waals surface area contributed by atoms with E-state index < -0.39 is 17.4 Å². The van der Waals surface area contributed by atoms with Crippen molar-refractivity contribution in [3.8, 4) is 11.6 Å². The Balaban J connectivity index is 1.61. The van der Waals surface area contributed by atoms with E-state index in [1.807, 2.05) is 0 Å². The number of thiazole rings is 1. The van der Waals surface area contributed by atoms with Gasteiger partial charge in [0.1, 0.15) is 18.1 Å². The maximum Gasteiger partial charge on any atom is 0.351 e. The van der Waals surface area contributed by atoms with Crippen LogP contribution in [0.1, 0.15) is 0 Å². The topological polar surface area (TPSA) is 103 Å². The minimum absolute atomic E-state index is 0.0558. The minimum Gasteiger partial charge on any atom is -0.436 e. The van der Waals surface area contributed by atoms with Gasteiger partial charge in [-0.3, -0.25) is 4.79 Å². The Kier molecular flexibility index (Phi) is 4.34. The first kappa shape index (κ1) is 16.8. The molecule has 4 aromatic rings. The fourth-order valence-corrected chi connectivity index (χ4v) is 2.84. The van der Waals surface area contributed by atoms with Crippen molar-refractivity contribution in [3.05, 3.63) is 64.5 Å². The van der Waals surface area contributed by atoms with Gasteiger partial charge in [0.2, 0.25) is 11.6 Å². The average Bonchev–Trinajstić information content (AvgIpc) is 3.27. The zero-order chi connectivity index (χ0) is 18.8. The van der Waals surface area contributed by atoms with E-state index in [0.717, 1.165) is 4.68 Å². The van der Waals surface area contributed by atoms with Crippen LogP contribution in [0.25, 0.3) is 5.65 Å². The Hall–Kier alpha value is -3.60. The number of rotatable bonds is 5. The third-order valence-corrected chi connectivity index (χ3v) is 4.16. The van der Waals surface area contributed by atoms with Gasteiger partial charge in [0.05, 0.1) is 0 Å². The number of ether oxygens (including phenoxy) is 1. The second-order valence-corrected chi connectivity index (χ2v) is 6.20.